The predicted molar refractivity (Wildman–Crippen MR) is 106 cm³/mol. The van der Waals surface area contributed by atoms with Gasteiger partial charge in [0, 0.05) is 25.1 Å². The number of fused-ring (bicyclic) bond motifs is 1. The van der Waals surface area contributed by atoms with E-state index in [1.54, 1.807) is 12.1 Å². The molecule has 2 heterocycles. The van der Waals surface area contributed by atoms with Gasteiger partial charge in [-0.2, -0.15) is 0 Å². The summed E-state index contributed by atoms with van der Waals surface area (Å²) >= 11 is 0. The quantitative estimate of drug-likeness (QED) is 0.705. The molecule has 2 aliphatic heterocycles. The number of benzene rings is 2. The molecule has 0 amide bonds. The van der Waals surface area contributed by atoms with Crippen LogP contribution in [0.2, 0.25) is 0 Å². The van der Waals surface area contributed by atoms with Crippen LogP contribution < -0.4 is 14.2 Å². The second-order valence-electron chi connectivity index (χ2n) is 7.32. The van der Waals surface area contributed by atoms with E-state index < -0.39 is 0 Å². The molecule has 1 fully saturated rings. The Morgan fingerprint density at radius 3 is 2.79 bits per heavy atom. The van der Waals surface area contributed by atoms with Crippen molar-refractivity contribution >= 4 is 0 Å². The number of hydrogen-bond donors (Lipinski definition) is 0. The molecule has 2 atom stereocenters. The van der Waals surface area contributed by atoms with Gasteiger partial charge in [0.25, 0.3) is 0 Å². The van der Waals surface area contributed by atoms with Gasteiger partial charge in [-0.05, 0) is 54.8 Å². The number of nitrogens with zero attached hydrogens (tertiary/aromatic N) is 1. The number of rotatable bonds is 6. The fourth-order valence-electron chi connectivity index (χ4n) is 3.94. The molecule has 148 valence electrons. The van der Waals surface area contributed by atoms with E-state index >= 15 is 0 Å². The van der Waals surface area contributed by atoms with Crippen molar-refractivity contribution in [3.63, 3.8) is 0 Å². The lowest BCUT2D eigenvalue weighted by atomic mass is 9.81. The minimum atomic E-state index is -0.194. The summed E-state index contributed by atoms with van der Waals surface area (Å²) < 4.78 is 30.3. The molecule has 5 heteroatoms. The summed E-state index contributed by atoms with van der Waals surface area (Å²) in [4.78, 5) is 2.36. The van der Waals surface area contributed by atoms with Crippen LogP contribution in [0.25, 0.3) is 0 Å². The zero-order valence-corrected chi connectivity index (χ0v) is 16.1. The summed E-state index contributed by atoms with van der Waals surface area (Å²) in [7, 11) is 0. The van der Waals surface area contributed by atoms with Crippen molar-refractivity contribution in [2.45, 2.75) is 25.7 Å². The van der Waals surface area contributed by atoms with E-state index in [9.17, 15) is 4.39 Å². The molecule has 2 aliphatic rings. The third-order valence-corrected chi connectivity index (χ3v) is 5.42. The molecule has 0 spiro atoms. The van der Waals surface area contributed by atoms with E-state index in [1.165, 1.54) is 5.56 Å². The molecule has 0 radical (unpaired) electrons. The summed E-state index contributed by atoms with van der Waals surface area (Å²) in [5, 5.41) is 0. The summed E-state index contributed by atoms with van der Waals surface area (Å²) in [5.41, 5.74) is 1.18. The van der Waals surface area contributed by atoms with Crippen LogP contribution in [0.5, 0.6) is 17.2 Å². The zero-order chi connectivity index (χ0) is 19.3. The van der Waals surface area contributed by atoms with Gasteiger partial charge < -0.3 is 19.1 Å². The Morgan fingerprint density at radius 2 is 1.96 bits per heavy atom. The lowest BCUT2D eigenvalue weighted by molar-refractivity contribution is 0.141. The van der Waals surface area contributed by atoms with Gasteiger partial charge in [-0.3, -0.25) is 0 Å². The van der Waals surface area contributed by atoms with Crippen molar-refractivity contribution in [3.8, 4) is 17.2 Å². The fraction of sp³-hybridized carbons (Fsp3) is 0.391. The van der Waals surface area contributed by atoms with Crippen LogP contribution in [-0.2, 0) is 0 Å². The van der Waals surface area contributed by atoms with E-state index in [2.05, 4.69) is 24.1 Å². The predicted octanol–water partition coefficient (Wildman–Crippen LogP) is 4.96. The van der Waals surface area contributed by atoms with E-state index in [1.807, 2.05) is 30.3 Å². The number of piperidine rings is 1. The van der Waals surface area contributed by atoms with Crippen LogP contribution in [0.4, 0.5) is 4.39 Å². The highest BCUT2D eigenvalue weighted by atomic mass is 19.1. The summed E-state index contributed by atoms with van der Waals surface area (Å²) in [6, 6.07) is 12.6. The molecule has 0 N–H and O–H groups in total. The Bertz CT molecular complexity index is 821. The van der Waals surface area contributed by atoms with E-state index in [0.29, 0.717) is 18.4 Å². The third-order valence-electron chi connectivity index (χ3n) is 5.42. The van der Waals surface area contributed by atoms with Gasteiger partial charge >= 0.3 is 0 Å². The Kier molecular flexibility index (Phi) is 5.70. The van der Waals surface area contributed by atoms with Crippen LogP contribution in [0.15, 0.2) is 54.7 Å². The van der Waals surface area contributed by atoms with Crippen molar-refractivity contribution < 1.29 is 18.6 Å². The molecule has 2 aromatic carbocycles. The Morgan fingerprint density at radius 1 is 1.14 bits per heavy atom. The van der Waals surface area contributed by atoms with Crippen molar-refractivity contribution in [1.29, 1.82) is 0 Å². The van der Waals surface area contributed by atoms with Crippen LogP contribution in [0.3, 0.4) is 0 Å². The average molecular weight is 383 g/mol. The normalized spacial score (nSPS) is 21.3. The first-order chi connectivity index (χ1) is 13.7. The number of likely N-dealkylation sites (tertiary alicyclic amines) is 1. The van der Waals surface area contributed by atoms with Crippen molar-refractivity contribution in [2.75, 3.05) is 26.5 Å². The second kappa shape index (κ2) is 8.55. The highest BCUT2D eigenvalue weighted by Crippen LogP contribution is 2.37. The van der Waals surface area contributed by atoms with Crippen LogP contribution in [0.1, 0.15) is 31.2 Å². The van der Waals surface area contributed by atoms with Crippen LogP contribution in [0, 0.1) is 11.7 Å². The van der Waals surface area contributed by atoms with Crippen molar-refractivity contribution in [2.24, 2.45) is 5.92 Å². The van der Waals surface area contributed by atoms with Gasteiger partial charge in [0.1, 0.15) is 11.6 Å². The summed E-state index contributed by atoms with van der Waals surface area (Å²) in [6.07, 6.45) is 6.42. The average Bonchev–Trinajstić information content (AvgIpc) is 3.19. The summed E-state index contributed by atoms with van der Waals surface area (Å²) in [5.74, 6) is 2.73. The zero-order valence-electron chi connectivity index (χ0n) is 16.1. The molecule has 28 heavy (non-hydrogen) atoms. The van der Waals surface area contributed by atoms with Gasteiger partial charge in [-0.25, -0.2) is 4.39 Å². The van der Waals surface area contributed by atoms with Gasteiger partial charge in [0.2, 0.25) is 6.79 Å². The molecular weight excluding hydrogens is 357 g/mol. The monoisotopic (exact) mass is 383 g/mol. The second-order valence-corrected chi connectivity index (χ2v) is 7.32. The van der Waals surface area contributed by atoms with E-state index in [0.717, 1.165) is 43.2 Å². The minimum Gasteiger partial charge on any atom is -0.493 e. The Labute approximate surface area is 165 Å². The first-order valence-corrected chi connectivity index (χ1v) is 9.91. The van der Waals surface area contributed by atoms with Crippen LogP contribution >= 0.6 is 0 Å². The fourth-order valence-corrected chi connectivity index (χ4v) is 3.94. The minimum absolute atomic E-state index is 0.194. The lowest BCUT2D eigenvalue weighted by Crippen LogP contribution is -2.39. The van der Waals surface area contributed by atoms with Crippen LogP contribution in [-0.4, -0.2) is 31.4 Å². The molecule has 4 rings (SSSR count). The molecule has 0 unspecified atom stereocenters. The molecular formula is C23H26FNO3. The maximum Gasteiger partial charge on any atom is 0.231 e. The van der Waals surface area contributed by atoms with Gasteiger partial charge in [-0.1, -0.05) is 25.1 Å². The van der Waals surface area contributed by atoms with Crippen molar-refractivity contribution in [1.82, 2.24) is 4.90 Å². The highest BCUT2D eigenvalue weighted by Gasteiger charge is 2.30. The first-order valence-electron chi connectivity index (χ1n) is 9.91. The molecule has 0 aliphatic carbocycles. The largest absolute Gasteiger partial charge is 0.493 e. The molecule has 0 aromatic heterocycles. The highest BCUT2D eigenvalue weighted by molar-refractivity contribution is 5.46. The molecule has 0 bridgehead atoms. The molecule has 1 saturated heterocycles. The molecule has 0 saturated carbocycles. The topological polar surface area (TPSA) is 30.9 Å². The lowest BCUT2D eigenvalue weighted by Gasteiger charge is -2.38. The van der Waals surface area contributed by atoms with E-state index in [4.69, 9.17) is 14.2 Å². The standard InChI is InChI=1S/C23H26FNO3/c1-2-3-11-25-12-10-21(17-4-6-19(24)7-5-17)18(14-25)15-26-20-8-9-22-23(13-20)28-16-27-22/h3-9,11,13,18,21H,2,10,12,14-16H2,1H3/b11-3+/t18-,21-/m0/s1. The first kappa shape index (κ1) is 18.7. The maximum atomic E-state index is 13.4. The third kappa shape index (κ3) is 4.24. The SMILES string of the molecule is CC/C=C/N1CC[C@@H](c2ccc(F)cc2)[C@H](COc2ccc3c(c2)OCO3)C1. The number of halogens is 1. The van der Waals surface area contributed by atoms with Crippen molar-refractivity contribution in [3.05, 3.63) is 66.1 Å². The number of allylic oxidation sites excluding steroid dienone is 1. The Hall–Kier alpha value is -2.69. The number of ether oxygens (including phenoxy) is 3. The Balaban J connectivity index is 1.48. The van der Waals surface area contributed by atoms with Gasteiger partial charge in [0.15, 0.2) is 11.5 Å². The van der Waals surface area contributed by atoms with E-state index in [-0.39, 0.29) is 12.6 Å². The summed E-state index contributed by atoms with van der Waals surface area (Å²) in [6.45, 7) is 4.91. The smallest absolute Gasteiger partial charge is 0.231 e. The number of hydrogen-bond acceptors (Lipinski definition) is 4. The van der Waals surface area contributed by atoms with Gasteiger partial charge in [-0.15, -0.1) is 0 Å². The molecule has 4 nitrogen and oxygen atoms in total. The molecule has 2 aromatic rings. The van der Waals surface area contributed by atoms with Gasteiger partial charge in [0.05, 0.1) is 6.61 Å². The maximum absolute atomic E-state index is 13.4.